The number of nitrogens with one attached hydrogen (secondary N) is 1. The van der Waals surface area contributed by atoms with E-state index in [1.165, 1.54) is 12.8 Å². The van der Waals surface area contributed by atoms with Crippen molar-refractivity contribution in [1.29, 1.82) is 0 Å². The monoisotopic (exact) mass is 278 g/mol. The number of nitrogens with zero attached hydrogens (tertiary/aromatic N) is 1. The van der Waals surface area contributed by atoms with Crippen LogP contribution in [0.3, 0.4) is 0 Å². The molecule has 1 aliphatic rings. The quantitative estimate of drug-likeness (QED) is 0.901. The standard InChI is InChI=1S/C16H26N2O2/c1-4-14-8-9-15(20-14)16(19)18(12(2)3)11-13-7-5-6-10-17-13/h8-9,12-13,17H,4-7,10-11H2,1-3H3. The Hall–Kier alpha value is -1.29. The molecule has 2 rings (SSSR count). The summed E-state index contributed by atoms with van der Waals surface area (Å²) in [5.41, 5.74) is 0. The first-order valence-electron chi connectivity index (χ1n) is 7.75. The molecule has 1 unspecified atom stereocenters. The van der Waals surface area contributed by atoms with Gasteiger partial charge in [0.2, 0.25) is 0 Å². The Balaban J connectivity index is 2.04. The number of aryl methyl sites for hydroxylation is 1. The molecule has 1 saturated heterocycles. The van der Waals surface area contributed by atoms with E-state index in [2.05, 4.69) is 19.2 Å². The zero-order valence-electron chi connectivity index (χ0n) is 12.8. The number of hydrogen-bond acceptors (Lipinski definition) is 3. The highest BCUT2D eigenvalue weighted by Gasteiger charge is 2.25. The summed E-state index contributed by atoms with van der Waals surface area (Å²) < 4.78 is 5.60. The van der Waals surface area contributed by atoms with Crippen LogP contribution in [0, 0.1) is 0 Å². The van der Waals surface area contributed by atoms with Crippen molar-refractivity contribution in [2.24, 2.45) is 0 Å². The number of amides is 1. The van der Waals surface area contributed by atoms with E-state index >= 15 is 0 Å². The predicted molar refractivity (Wildman–Crippen MR) is 79.9 cm³/mol. The molecule has 1 aromatic rings. The minimum Gasteiger partial charge on any atom is -0.456 e. The first-order valence-corrected chi connectivity index (χ1v) is 7.75. The molecule has 0 radical (unpaired) electrons. The maximum absolute atomic E-state index is 12.6. The van der Waals surface area contributed by atoms with E-state index in [1.54, 1.807) is 6.07 Å². The molecule has 1 aromatic heterocycles. The summed E-state index contributed by atoms with van der Waals surface area (Å²) in [6.07, 6.45) is 4.46. The second-order valence-electron chi connectivity index (χ2n) is 5.82. The third-order valence-corrected chi connectivity index (χ3v) is 3.93. The molecular weight excluding hydrogens is 252 g/mol. The van der Waals surface area contributed by atoms with Gasteiger partial charge in [-0.3, -0.25) is 4.79 Å². The largest absolute Gasteiger partial charge is 0.456 e. The maximum Gasteiger partial charge on any atom is 0.289 e. The van der Waals surface area contributed by atoms with Gasteiger partial charge < -0.3 is 14.6 Å². The van der Waals surface area contributed by atoms with Gasteiger partial charge in [-0.2, -0.15) is 0 Å². The summed E-state index contributed by atoms with van der Waals surface area (Å²) in [6, 6.07) is 4.28. The topological polar surface area (TPSA) is 45.5 Å². The second-order valence-corrected chi connectivity index (χ2v) is 5.82. The lowest BCUT2D eigenvalue weighted by Crippen LogP contribution is -2.48. The average molecular weight is 278 g/mol. The molecule has 0 saturated carbocycles. The Morgan fingerprint density at radius 1 is 1.45 bits per heavy atom. The highest BCUT2D eigenvalue weighted by Crippen LogP contribution is 2.16. The summed E-state index contributed by atoms with van der Waals surface area (Å²) in [7, 11) is 0. The van der Waals surface area contributed by atoms with Crippen LogP contribution in [0.4, 0.5) is 0 Å². The van der Waals surface area contributed by atoms with Gasteiger partial charge in [0.05, 0.1) is 0 Å². The Bertz CT molecular complexity index is 433. The highest BCUT2D eigenvalue weighted by atomic mass is 16.4. The zero-order chi connectivity index (χ0) is 14.5. The van der Waals surface area contributed by atoms with Crippen LogP contribution in [0.15, 0.2) is 16.5 Å². The van der Waals surface area contributed by atoms with Gasteiger partial charge in [0.1, 0.15) is 5.76 Å². The molecule has 0 spiro atoms. The number of furan rings is 1. The van der Waals surface area contributed by atoms with Crippen molar-refractivity contribution in [1.82, 2.24) is 10.2 Å². The van der Waals surface area contributed by atoms with E-state index in [0.717, 1.165) is 31.7 Å². The van der Waals surface area contributed by atoms with E-state index in [-0.39, 0.29) is 11.9 Å². The zero-order valence-corrected chi connectivity index (χ0v) is 12.8. The van der Waals surface area contributed by atoms with Gasteiger partial charge in [0.15, 0.2) is 5.76 Å². The molecule has 1 amide bonds. The SMILES string of the molecule is CCc1ccc(C(=O)N(CC2CCCCN2)C(C)C)o1. The van der Waals surface area contributed by atoms with Crippen LogP contribution in [0.25, 0.3) is 0 Å². The molecule has 112 valence electrons. The van der Waals surface area contributed by atoms with Gasteiger partial charge in [-0.05, 0) is 45.4 Å². The molecule has 0 aromatic carbocycles. The van der Waals surface area contributed by atoms with Crippen molar-refractivity contribution in [2.45, 2.75) is 58.5 Å². The second kappa shape index (κ2) is 6.93. The number of rotatable bonds is 5. The van der Waals surface area contributed by atoms with Crippen LogP contribution in [0.5, 0.6) is 0 Å². The third-order valence-electron chi connectivity index (χ3n) is 3.93. The lowest BCUT2D eigenvalue weighted by Gasteiger charge is -2.32. The van der Waals surface area contributed by atoms with E-state index in [4.69, 9.17) is 4.42 Å². The fourth-order valence-electron chi connectivity index (χ4n) is 2.67. The van der Waals surface area contributed by atoms with Crippen LogP contribution in [-0.2, 0) is 6.42 Å². The molecule has 1 N–H and O–H groups in total. The lowest BCUT2D eigenvalue weighted by molar-refractivity contribution is 0.0642. The molecular formula is C16H26N2O2. The van der Waals surface area contributed by atoms with Crippen molar-refractivity contribution in [2.75, 3.05) is 13.1 Å². The summed E-state index contributed by atoms with van der Waals surface area (Å²) in [6.45, 7) is 7.97. The third kappa shape index (κ3) is 3.63. The Kier molecular flexibility index (Phi) is 5.24. The summed E-state index contributed by atoms with van der Waals surface area (Å²) >= 11 is 0. The van der Waals surface area contributed by atoms with E-state index < -0.39 is 0 Å². The van der Waals surface area contributed by atoms with Crippen molar-refractivity contribution in [3.63, 3.8) is 0 Å². The minimum absolute atomic E-state index is 0.00655. The predicted octanol–water partition coefficient (Wildman–Crippen LogP) is 2.83. The molecule has 1 atom stereocenters. The fourth-order valence-corrected chi connectivity index (χ4v) is 2.67. The molecule has 0 bridgehead atoms. The van der Waals surface area contributed by atoms with Gasteiger partial charge in [-0.25, -0.2) is 0 Å². The van der Waals surface area contributed by atoms with Gasteiger partial charge >= 0.3 is 0 Å². The Labute approximate surface area is 121 Å². The summed E-state index contributed by atoms with van der Waals surface area (Å²) in [5, 5.41) is 3.50. The molecule has 4 nitrogen and oxygen atoms in total. The summed E-state index contributed by atoms with van der Waals surface area (Å²) in [4.78, 5) is 14.5. The number of piperidine rings is 1. The van der Waals surface area contributed by atoms with E-state index in [9.17, 15) is 4.79 Å². The first kappa shape index (κ1) is 15.1. The van der Waals surface area contributed by atoms with Gasteiger partial charge in [-0.15, -0.1) is 0 Å². The van der Waals surface area contributed by atoms with Gasteiger partial charge in [-0.1, -0.05) is 13.3 Å². The Morgan fingerprint density at radius 3 is 2.80 bits per heavy atom. The van der Waals surface area contributed by atoms with Crippen molar-refractivity contribution in [3.8, 4) is 0 Å². The number of carbonyl (C=O) groups excluding carboxylic acids is 1. The van der Waals surface area contributed by atoms with Crippen LogP contribution in [-0.4, -0.2) is 36.0 Å². The van der Waals surface area contributed by atoms with Gasteiger partial charge in [0, 0.05) is 25.0 Å². The van der Waals surface area contributed by atoms with E-state index in [0.29, 0.717) is 11.8 Å². The van der Waals surface area contributed by atoms with Crippen LogP contribution in [0.2, 0.25) is 0 Å². The average Bonchev–Trinajstić information content (AvgIpc) is 2.94. The Morgan fingerprint density at radius 2 is 2.25 bits per heavy atom. The maximum atomic E-state index is 12.6. The molecule has 1 aliphatic heterocycles. The minimum atomic E-state index is 0.00655. The van der Waals surface area contributed by atoms with Crippen LogP contribution >= 0.6 is 0 Å². The highest BCUT2D eigenvalue weighted by molar-refractivity contribution is 5.91. The number of hydrogen-bond donors (Lipinski definition) is 1. The normalized spacial score (nSPS) is 19.3. The summed E-state index contributed by atoms with van der Waals surface area (Å²) in [5.74, 6) is 1.34. The van der Waals surface area contributed by atoms with Crippen molar-refractivity contribution in [3.05, 3.63) is 23.7 Å². The molecule has 4 heteroatoms. The smallest absolute Gasteiger partial charge is 0.289 e. The number of carbonyl (C=O) groups is 1. The van der Waals surface area contributed by atoms with E-state index in [1.807, 2.05) is 17.9 Å². The van der Waals surface area contributed by atoms with Crippen molar-refractivity contribution >= 4 is 5.91 Å². The molecule has 0 aliphatic carbocycles. The molecule has 1 fully saturated rings. The van der Waals surface area contributed by atoms with Crippen LogP contribution < -0.4 is 5.32 Å². The van der Waals surface area contributed by atoms with Crippen molar-refractivity contribution < 1.29 is 9.21 Å². The first-order chi connectivity index (χ1) is 9.61. The van der Waals surface area contributed by atoms with Gasteiger partial charge in [0.25, 0.3) is 5.91 Å². The lowest BCUT2D eigenvalue weighted by atomic mass is 10.0. The fraction of sp³-hybridized carbons (Fsp3) is 0.688. The van der Waals surface area contributed by atoms with Crippen LogP contribution in [0.1, 0.15) is 56.3 Å². The molecule has 20 heavy (non-hydrogen) atoms. The molecule has 2 heterocycles.